The third-order valence-corrected chi connectivity index (χ3v) is 7.80. The molecule has 0 aliphatic heterocycles. The second kappa shape index (κ2) is 10.8. The summed E-state index contributed by atoms with van der Waals surface area (Å²) in [6.07, 6.45) is 0.344. The first-order valence-electron chi connectivity index (χ1n) is 10.8. The van der Waals surface area contributed by atoms with Crippen LogP contribution in [0.5, 0.6) is 11.5 Å². The van der Waals surface area contributed by atoms with Gasteiger partial charge >= 0.3 is 0 Å². The highest BCUT2D eigenvalue weighted by Gasteiger charge is 2.30. The molecule has 4 rings (SSSR count). The predicted octanol–water partition coefficient (Wildman–Crippen LogP) is 5.69. The number of aryl methyl sites for hydroxylation is 1. The van der Waals surface area contributed by atoms with Gasteiger partial charge in [-0.05, 0) is 54.4 Å². The number of benzene rings is 3. The van der Waals surface area contributed by atoms with Crippen molar-refractivity contribution in [2.24, 2.45) is 0 Å². The van der Waals surface area contributed by atoms with E-state index in [9.17, 15) is 8.42 Å². The Kier molecular flexibility index (Phi) is 7.73. The van der Waals surface area contributed by atoms with E-state index in [0.29, 0.717) is 39.3 Å². The molecular formula is C25H23Cl2N3O5S. The Morgan fingerprint density at radius 1 is 0.944 bits per heavy atom. The number of halogens is 2. The molecular weight excluding hydrogens is 525 g/mol. The Hall–Kier alpha value is -3.27. The third kappa shape index (κ3) is 5.43. The number of hydrogen-bond donors (Lipinski definition) is 0. The number of aromatic nitrogens is 2. The maximum absolute atomic E-state index is 14.0. The van der Waals surface area contributed by atoms with Crippen molar-refractivity contribution >= 4 is 38.9 Å². The summed E-state index contributed by atoms with van der Waals surface area (Å²) < 4.78 is 45.2. The number of ether oxygens (including phenoxy) is 2. The molecule has 0 saturated heterocycles. The van der Waals surface area contributed by atoms with Crippen LogP contribution in [-0.2, 0) is 23.0 Å². The van der Waals surface area contributed by atoms with Crippen LogP contribution in [0.25, 0.3) is 0 Å². The predicted molar refractivity (Wildman–Crippen MR) is 138 cm³/mol. The smallest absolute Gasteiger partial charge is 0.264 e. The van der Waals surface area contributed by atoms with E-state index in [4.69, 9.17) is 37.2 Å². The molecule has 11 heteroatoms. The van der Waals surface area contributed by atoms with Crippen LogP contribution in [0.1, 0.15) is 22.8 Å². The molecule has 0 bridgehead atoms. The molecule has 0 atom stereocenters. The number of sulfonamides is 1. The van der Waals surface area contributed by atoms with E-state index in [0.717, 1.165) is 5.56 Å². The Bertz CT molecular complexity index is 1490. The maximum Gasteiger partial charge on any atom is 0.264 e. The number of hydrogen-bond acceptors (Lipinski definition) is 7. The van der Waals surface area contributed by atoms with E-state index < -0.39 is 10.0 Å². The zero-order valence-electron chi connectivity index (χ0n) is 19.7. The fraction of sp³-hybridized carbons (Fsp3) is 0.200. The number of rotatable bonds is 9. The van der Waals surface area contributed by atoms with Crippen LogP contribution in [0.15, 0.2) is 70.1 Å². The zero-order chi connectivity index (χ0) is 25.9. The fourth-order valence-corrected chi connectivity index (χ4v) is 5.58. The van der Waals surface area contributed by atoms with Crippen LogP contribution in [0.2, 0.25) is 10.0 Å². The first-order chi connectivity index (χ1) is 17.2. The molecule has 0 N–H and O–H groups in total. The maximum atomic E-state index is 14.0. The highest BCUT2D eigenvalue weighted by atomic mass is 35.5. The SMILES string of the molecule is COc1ccc(S(=O)(=O)N(Cc2nc(C)no2)c2ccc(Cl)cc2Cc2ccccc2Cl)cc1OC. The summed E-state index contributed by atoms with van der Waals surface area (Å²) in [5, 5.41) is 4.82. The molecule has 0 fully saturated rings. The van der Waals surface area contributed by atoms with E-state index >= 15 is 0 Å². The Labute approximate surface area is 219 Å². The normalized spacial score (nSPS) is 11.4. The molecule has 8 nitrogen and oxygen atoms in total. The second-order valence-electron chi connectivity index (χ2n) is 7.81. The largest absolute Gasteiger partial charge is 0.493 e. The van der Waals surface area contributed by atoms with Crippen molar-refractivity contribution < 1.29 is 22.4 Å². The number of nitrogens with zero attached hydrogens (tertiary/aromatic N) is 3. The van der Waals surface area contributed by atoms with Gasteiger partial charge in [-0.15, -0.1) is 0 Å². The van der Waals surface area contributed by atoms with E-state index in [1.54, 1.807) is 31.2 Å². The summed E-state index contributed by atoms with van der Waals surface area (Å²) >= 11 is 12.7. The van der Waals surface area contributed by atoms with Crippen LogP contribution < -0.4 is 13.8 Å². The highest BCUT2D eigenvalue weighted by Crippen LogP contribution is 2.36. The van der Waals surface area contributed by atoms with Crippen LogP contribution in [-0.4, -0.2) is 32.8 Å². The van der Waals surface area contributed by atoms with Crippen LogP contribution >= 0.6 is 23.2 Å². The van der Waals surface area contributed by atoms with Crippen molar-refractivity contribution in [1.82, 2.24) is 10.1 Å². The van der Waals surface area contributed by atoms with E-state index in [-0.39, 0.29) is 23.1 Å². The van der Waals surface area contributed by atoms with Gasteiger partial charge < -0.3 is 14.0 Å². The molecule has 0 amide bonds. The van der Waals surface area contributed by atoms with Gasteiger partial charge in [0.25, 0.3) is 10.0 Å². The van der Waals surface area contributed by atoms with Gasteiger partial charge in [-0.2, -0.15) is 4.98 Å². The van der Waals surface area contributed by atoms with Gasteiger partial charge in [0, 0.05) is 22.5 Å². The zero-order valence-corrected chi connectivity index (χ0v) is 22.1. The van der Waals surface area contributed by atoms with Gasteiger partial charge in [0.05, 0.1) is 24.8 Å². The topological polar surface area (TPSA) is 94.8 Å². The first kappa shape index (κ1) is 25.8. The molecule has 1 heterocycles. The molecule has 0 spiro atoms. The van der Waals surface area contributed by atoms with Gasteiger partial charge in [0.2, 0.25) is 5.89 Å². The van der Waals surface area contributed by atoms with Crippen molar-refractivity contribution in [2.75, 3.05) is 18.5 Å². The number of anilines is 1. The summed E-state index contributed by atoms with van der Waals surface area (Å²) in [7, 11) is -1.23. The monoisotopic (exact) mass is 547 g/mol. The van der Waals surface area contributed by atoms with Crippen LogP contribution in [0.3, 0.4) is 0 Å². The lowest BCUT2D eigenvalue weighted by molar-refractivity contribution is 0.354. The lowest BCUT2D eigenvalue weighted by Gasteiger charge is -2.26. The lowest BCUT2D eigenvalue weighted by Crippen LogP contribution is -2.31. The minimum absolute atomic E-state index is 0.00460. The average Bonchev–Trinajstić information content (AvgIpc) is 3.28. The summed E-state index contributed by atoms with van der Waals surface area (Å²) in [6, 6.07) is 16.7. The van der Waals surface area contributed by atoms with Gasteiger partial charge in [-0.3, -0.25) is 4.31 Å². The minimum Gasteiger partial charge on any atom is -0.493 e. The summed E-state index contributed by atoms with van der Waals surface area (Å²) in [5.74, 6) is 1.21. The van der Waals surface area contributed by atoms with Crippen molar-refractivity contribution in [1.29, 1.82) is 0 Å². The standard InChI is InChI=1S/C25H23Cl2N3O5S/c1-16-28-25(35-29-16)15-30(36(31,32)20-9-11-23(33-2)24(14-20)34-3)22-10-8-19(26)13-18(22)12-17-6-4-5-7-21(17)27/h4-11,13-14H,12,15H2,1-3H3. The van der Waals surface area contributed by atoms with Crippen LogP contribution in [0, 0.1) is 6.92 Å². The van der Waals surface area contributed by atoms with Crippen molar-refractivity contribution in [2.45, 2.75) is 24.8 Å². The molecule has 3 aromatic carbocycles. The van der Waals surface area contributed by atoms with Gasteiger partial charge in [-0.25, -0.2) is 8.42 Å². The summed E-state index contributed by atoms with van der Waals surface area (Å²) in [6.45, 7) is 1.46. The molecule has 0 saturated carbocycles. The Morgan fingerprint density at radius 3 is 2.36 bits per heavy atom. The van der Waals surface area contributed by atoms with E-state index in [2.05, 4.69) is 10.1 Å². The molecule has 0 aliphatic carbocycles. The third-order valence-electron chi connectivity index (χ3n) is 5.44. The molecule has 188 valence electrons. The highest BCUT2D eigenvalue weighted by molar-refractivity contribution is 7.92. The number of methoxy groups -OCH3 is 2. The summed E-state index contributed by atoms with van der Waals surface area (Å²) in [4.78, 5) is 4.21. The first-order valence-corrected chi connectivity index (χ1v) is 13.0. The van der Waals surface area contributed by atoms with Crippen molar-refractivity contribution in [3.63, 3.8) is 0 Å². The van der Waals surface area contributed by atoms with Crippen molar-refractivity contribution in [3.05, 3.63) is 93.6 Å². The Morgan fingerprint density at radius 2 is 1.69 bits per heavy atom. The Balaban J connectivity index is 1.87. The average molecular weight is 548 g/mol. The molecule has 4 aromatic rings. The van der Waals surface area contributed by atoms with E-state index in [1.165, 1.54) is 36.7 Å². The molecule has 0 radical (unpaired) electrons. The lowest BCUT2D eigenvalue weighted by atomic mass is 10.0. The van der Waals surface area contributed by atoms with Crippen LogP contribution in [0.4, 0.5) is 5.69 Å². The van der Waals surface area contributed by atoms with Gasteiger partial charge in [0.1, 0.15) is 6.54 Å². The van der Waals surface area contributed by atoms with E-state index in [1.807, 2.05) is 18.2 Å². The second-order valence-corrected chi connectivity index (χ2v) is 10.5. The molecule has 0 aliphatic rings. The van der Waals surface area contributed by atoms with Gasteiger partial charge in [-0.1, -0.05) is 46.6 Å². The quantitative estimate of drug-likeness (QED) is 0.265. The van der Waals surface area contributed by atoms with Gasteiger partial charge in [0.15, 0.2) is 17.3 Å². The minimum atomic E-state index is -4.14. The molecule has 1 aromatic heterocycles. The fourth-order valence-electron chi connectivity index (χ4n) is 3.72. The molecule has 36 heavy (non-hydrogen) atoms. The summed E-state index contributed by atoms with van der Waals surface area (Å²) in [5.41, 5.74) is 1.86. The van der Waals surface area contributed by atoms with Crippen molar-refractivity contribution in [3.8, 4) is 11.5 Å². The molecule has 0 unspecified atom stereocenters.